The summed E-state index contributed by atoms with van der Waals surface area (Å²) in [7, 11) is 1.69. The van der Waals surface area contributed by atoms with Crippen LogP contribution in [0.5, 0.6) is 5.75 Å². The Labute approximate surface area is 158 Å². The maximum Gasteiger partial charge on any atom is 0.315 e. The molecule has 2 atom stereocenters. The Morgan fingerprint density at radius 2 is 2.12 bits per heavy atom. The first-order chi connectivity index (χ1) is 12.5. The number of methoxy groups -OCH3 is 1. The minimum Gasteiger partial charge on any atom is -0.497 e. The zero-order valence-electron chi connectivity index (χ0n) is 16.8. The predicted molar refractivity (Wildman–Crippen MR) is 108 cm³/mol. The zero-order chi connectivity index (χ0) is 18.9. The lowest BCUT2D eigenvalue weighted by Crippen LogP contribution is -2.42. The highest BCUT2D eigenvalue weighted by Crippen LogP contribution is 2.26. The lowest BCUT2D eigenvalue weighted by Gasteiger charge is -2.20. The van der Waals surface area contributed by atoms with Gasteiger partial charge in [0.2, 0.25) is 0 Å². The van der Waals surface area contributed by atoms with E-state index >= 15 is 0 Å². The van der Waals surface area contributed by atoms with Crippen molar-refractivity contribution in [1.29, 1.82) is 0 Å². The molecule has 26 heavy (non-hydrogen) atoms. The monoisotopic (exact) mass is 361 g/mol. The van der Waals surface area contributed by atoms with Gasteiger partial charge in [-0.1, -0.05) is 32.8 Å². The van der Waals surface area contributed by atoms with Gasteiger partial charge in [-0.25, -0.2) is 4.79 Å². The van der Waals surface area contributed by atoms with Crippen molar-refractivity contribution in [3.05, 3.63) is 24.3 Å². The second-order valence-electron chi connectivity index (χ2n) is 7.88. The number of amides is 2. The van der Waals surface area contributed by atoms with Crippen LogP contribution in [-0.4, -0.2) is 38.8 Å². The fourth-order valence-corrected chi connectivity index (χ4v) is 3.46. The summed E-state index contributed by atoms with van der Waals surface area (Å²) in [4.78, 5) is 14.5. The minimum atomic E-state index is -0.0399. The summed E-state index contributed by atoms with van der Waals surface area (Å²) in [5, 5.41) is 6.10. The molecule has 1 aliphatic heterocycles. The number of benzene rings is 1. The number of hydrogen-bond donors (Lipinski definition) is 2. The van der Waals surface area contributed by atoms with Crippen molar-refractivity contribution in [2.45, 2.75) is 52.5 Å². The number of ether oxygens (including phenoxy) is 1. The second-order valence-corrected chi connectivity index (χ2v) is 7.88. The number of rotatable bonds is 9. The van der Waals surface area contributed by atoms with Gasteiger partial charge in [-0.2, -0.15) is 0 Å². The van der Waals surface area contributed by atoms with Gasteiger partial charge in [0.1, 0.15) is 5.75 Å². The van der Waals surface area contributed by atoms with Crippen molar-refractivity contribution in [1.82, 2.24) is 10.6 Å². The van der Waals surface area contributed by atoms with Crippen LogP contribution in [0.15, 0.2) is 24.3 Å². The molecule has 2 amide bonds. The average molecular weight is 362 g/mol. The molecular weight excluding hydrogens is 326 g/mol. The van der Waals surface area contributed by atoms with Gasteiger partial charge in [0.25, 0.3) is 0 Å². The maximum absolute atomic E-state index is 12.1. The summed E-state index contributed by atoms with van der Waals surface area (Å²) < 4.78 is 5.31. The number of carbonyl (C=O) groups excluding carboxylic acids is 1. The molecule has 146 valence electrons. The first-order valence-corrected chi connectivity index (χ1v) is 9.91. The second kappa shape index (κ2) is 10.3. The summed E-state index contributed by atoms with van der Waals surface area (Å²) in [6, 6.07) is 8.36. The molecule has 0 aliphatic carbocycles. The number of carbonyl (C=O) groups is 1. The van der Waals surface area contributed by atoms with Crippen LogP contribution in [-0.2, 0) is 0 Å². The Hall–Kier alpha value is -1.91. The van der Waals surface area contributed by atoms with E-state index in [0.717, 1.165) is 50.6 Å². The highest BCUT2D eigenvalue weighted by atomic mass is 16.5. The van der Waals surface area contributed by atoms with Gasteiger partial charge < -0.3 is 20.3 Å². The van der Waals surface area contributed by atoms with Crippen molar-refractivity contribution in [3.63, 3.8) is 0 Å². The molecule has 5 nitrogen and oxygen atoms in total. The summed E-state index contributed by atoms with van der Waals surface area (Å²) in [6.07, 6.45) is 4.52. The van der Waals surface area contributed by atoms with Crippen LogP contribution in [0.25, 0.3) is 0 Å². The fraction of sp³-hybridized carbons (Fsp3) is 0.667. The van der Waals surface area contributed by atoms with Crippen LogP contribution in [0, 0.1) is 11.8 Å². The molecule has 0 saturated carbocycles. The number of urea groups is 1. The summed E-state index contributed by atoms with van der Waals surface area (Å²) >= 11 is 0. The number of nitrogens with one attached hydrogen (secondary N) is 2. The van der Waals surface area contributed by atoms with E-state index in [2.05, 4.69) is 48.4 Å². The van der Waals surface area contributed by atoms with E-state index in [-0.39, 0.29) is 12.1 Å². The topological polar surface area (TPSA) is 53.6 Å². The number of anilines is 1. The van der Waals surface area contributed by atoms with E-state index in [9.17, 15) is 4.79 Å². The van der Waals surface area contributed by atoms with Crippen molar-refractivity contribution in [3.8, 4) is 5.75 Å². The first-order valence-electron chi connectivity index (χ1n) is 9.91. The Bertz CT molecular complexity index is 562. The highest BCUT2D eigenvalue weighted by Gasteiger charge is 2.23. The molecule has 5 heteroatoms. The molecule has 1 fully saturated rings. The van der Waals surface area contributed by atoms with Crippen molar-refractivity contribution < 1.29 is 9.53 Å². The lowest BCUT2D eigenvalue weighted by molar-refractivity contribution is 0.235. The van der Waals surface area contributed by atoms with Crippen LogP contribution in [0.4, 0.5) is 10.5 Å². The van der Waals surface area contributed by atoms with E-state index in [4.69, 9.17) is 4.74 Å². The Kier molecular flexibility index (Phi) is 8.07. The Morgan fingerprint density at radius 1 is 1.31 bits per heavy atom. The summed E-state index contributed by atoms with van der Waals surface area (Å²) in [6.45, 7) is 9.28. The van der Waals surface area contributed by atoms with E-state index in [1.165, 1.54) is 12.1 Å². The molecular formula is C21H35N3O2. The predicted octanol–water partition coefficient (Wildman–Crippen LogP) is 4.04. The van der Waals surface area contributed by atoms with Crippen LogP contribution < -0.4 is 20.3 Å². The van der Waals surface area contributed by atoms with Crippen LogP contribution in [0.1, 0.15) is 46.5 Å². The molecule has 0 aromatic heterocycles. The van der Waals surface area contributed by atoms with Gasteiger partial charge in [0, 0.05) is 37.4 Å². The van der Waals surface area contributed by atoms with E-state index in [1.54, 1.807) is 7.11 Å². The summed E-state index contributed by atoms with van der Waals surface area (Å²) in [5.41, 5.74) is 1.19. The molecule has 1 aromatic carbocycles. The molecule has 1 heterocycles. The molecule has 1 saturated heterocycles. The summed E-state index contributed by atoms with van der Waals surface area (Å²) in [5.74, 6) is 2.10. The highest BCUT2D eigenvalue weighted by molar-refractivity contribution is 5.74. The van der Waals surface area contributed by atoms with Crippen molar-refractivity contribution in [2.24, 2.45) is 11.8 Å². The van der Waals surface area contributed by atoms with Gasteiger partial charge >= 0.3 is 6.03 Å². The third kappa shape index (κ3) is 6.77. The lowest BCUT2D eigenvalue weighted by atomic mass is 10.0. The standard InChI is InChI=1S/C21H35N3O2/c1-16(2)7-5-8-17(3)23-21(25)22-14-18-11-12-24(15-18)19-9-6-10-20(13-19)26-4/h6,9-10,13,16-18H,5,7-8,11-12,14-15H2,1-4H3,(H2,22,23,25). The first kappa shape index (κ1) is 20.4. The third-order valence-corrected chi connectivity index (χ3v) is 5.05. The molecule has 0 bridgehead atoms. The molecule has 0 spiro atoms. The van der Waals surface area contributed by atoms with E-state index in [0.29, 0.717) is 5.92 Å². The molecule has 2 rings (SSSR count). The van der Waals surface area contributed by atoms with Gasteiger partial charge in [0.15, 0.2) is 0 Å². The smallest absolute Gasteiger partial charge is 0.315 e. The minimum absolute atomic E-state index is 0.0399. The molecule has 1 aliphatic rings. The third-order valence-electron chi connectivity index (χ3n) is 5.05. The van der Waals surface area contributed by atoms with E-state index < -0.39 is 0 Å². The SMILES string of the molecule is COc1cccc(N2CCC(CNC(=O)NC(C)CCCC(C)C)C2)c1. The van der Waals surface area contributed by atoms with Crippen LogP contribution in [0.2, 0.25) is 0 Å². The van der Waals surface area contributed by atoms with Gasteiger partial charge in [-0.15, -0.1) is 0 Å². The normalized spacial score (nSPS) is 18.0. The molecule has 2 N–H and O–H groups in total. The Balaban J connectivity index is 1.67. The van der Waals surface area contributed by atoms with E-state index in [1.807, 2.05) is 12.1 Å². The average Bonchev–Trinajstić information content (AvgIpc) is 3.09. The Morgan fingerprint density at radius 3 is 2.85 bits per heavy atom. The van der Waals surface area contributed by atoms with Gasteiger partial charge in [0.05, 0.1) is 7.11 Å². The fourth-order valence-electron chi connectivity index (χ4n) is 3.46. The van der Waals surface area contributed by atoms with Gasteiger partial charge in [-0.05, 0) is 43.7 Å². The maximum atomic E-state index is 12.1. The molecule has 2 unspecified atom stereocenters. The van der Waals surface area contributed by atoms with Crippen LogP contribution in [0.3, 0.4) is 0 Å². The van der Waals surface area contributed by atoms with Crippen molar-refractivity contribution in [2.75, 3.05) is 31.6 Å². The quantitative estimate of drug-likeness (QED) is 0.698. The number of nitrogens with zero attached hydrogens (tertiary/aromatic N) is 1. The van der Waals surface area contributed by atoms with Crippen LogP contribution >= 0.6 is 0 Å². The largest absolute Gasteiger partial charge is 0.497 e. The number of hydrogen-bond acceptors (Lipinski definition) is 3. The molecule has 1 aromatic rings. The van der Waals surface area contributed by atoms with Gasteiger partial charge in [-0.3, -0.25) is 0 Å². The van der Waals surface area contributed by atoms with Crippen molar-refractivity contribution >= 4 is 11.7 Å². The zero-order valence-corrected chi connectivity index (χ0v) is 16.8. The molecule has 0 radical (unpaired) electrons.